The van der Waals surface area contributed by atoms with E-state index in [0.29, 0.717) is 28.1 Å². The summed E-state index contributed by atoms with van der Waals surface area (Å²) < 4.78 is 4.86. The molecule has 2 heterocycles. The standard InChI is InChI=1S/C24H30N4O3/c1-16-21(24(30)31-4)17(2)26-22(16)23(29)18(3)28-11-5-10-27(12-13-28)15-20-8-6-19(14-25)7-9-20/h6-9,18,26H,5,10-13,15H2,1-4H3. The van der Waals surface area contributed by atoms with Gasteiger partial charge in [0, 0.05) is 31.9 Å². The summed E-state index contributed by atoms with van der Waals surface area (Å²) in [6.45, 7) is 9.82. The van der Waals surface area contributed by atoms with Gasteiger partial charge >= 0.3 is 5.97 Å². The highest BCUT2D eigenvalue weighted by Gasteiger charge is 2.29. The molecule has 31 heavy (non-hydrogen) atoms. The van der Waals surface area contributed by atoms with Gasteiger partial charge in [0.2, 0.25) is 0 Å². The summed E-state index contributed by atoms with van der Waals surface area (Å²) >= 11 is 0. The van der Waals surface area contributed by atoms with Crippen LogP contribution in [-0.2, 0) is 11.3 Å². The molecule has 1 aromatic heterocycles. The van der Waals surface area contributed by atoms with Crippen LogP contribution < -0.4 is 0 Å². The van der Waals surface area contributed by atoms with Crippen molar-refractivity contribution in [2.45, 2.75) is 39.8 Å². The Hall–Kier alpha value is -2.95. The fraction of sp³-hybridized carbons (Fsp3) is 0.458. The third-order valence-corrected chi connectivity index (χ3v) is 6.11. The van der Waals surface area contributed by atoms with E-state index in [-0.39, 0.29) is 11.8 Å². The van der Waals surface area contributed by atoms with Crippen molar-refractivity contribution < 1.29 is 14.3 Å². The number of rotatable bonds is 6. The summed E-state index contributed by atoms with van der Waals surface area (Å²) in [5.74, 6) is -0.428. The van der Waals surface area contributed by atoms with Gasteiger partial charge in [-0.25, -0.2) is 4.79 Å². The van der Waals surface area contributed by atoms with Crippen molar-refractivity contribution in [3.63, 3.8) is 0 Å². The predicted molar refractivity (Wildman–Crippen MR) is 118 cm³/mol. The van der Waals surface area contributed by atoms with Gasteiger partial charge in [0.15, 0.2) is 5.78 Å². The molecule has 1 aliphatic rings. The molecule has 3 rings (SSSR count). The molecule has 1 N–H and O–H groups in total. The third-order valence-electron chi connectivity index (χ3n) is 6.11. The average Bonchev–Trinajstić information content (AvgIpc) is 2.93. The number of H-pyrrole nitrogens is 1. The molecule has 0 amide bonds. The molecule has 0 spiro atoms. The van der Waals surface area contributed by atoms with Crippen LogP contribution in [0.4, 0.5) is 0 Å². The molecule has 1 unspecified atom stereocenters. The van der Waals surface area contributed by atoms with Crippen LogP contribution in [0.2, 0.25) is 0 Å². The minimum atomic E-state index is -0.425. The molecule has 2 aromatic rings. The van der Waals surface area contributed by atoms with Crippen molar-refractivity contribution in [2.24, 2.45) is 0 Å². The second-order valence-electron chi connectivity index (χ2n) is 8.13. The minimum absolute atomic E-state index is 0.00343. The van der Waals surface area contributed by atoms with Crippen LogP contribution in [0.1, 0.15) is 56.6 Å². The van der Waals surface area contributed by atoms with E-state index in [1.54, 1.807) is 13.8 Å². The zero-order chi connectivity index (χ0) is 22.5. The molecule has 1 fully saturated rings. The molecule has 0 aliphatic carbocycles. The van der Waals surface area contributed by atoms with Crippen molar-refractivity contribution in [1.29, 1.82) is 5.26 Å². The van der Waals surface area contributed by atoms with E-state index >= 15 is 0 Å². The number of nitrogens with zero attached hydrogens (tertiary/aromatic N) is 3. The molecule has 0 saturated carbocycles. The molecule has 0 bridgehead atoms. The molecular formula is C24H30N4O3. The first kappa shape index (κ1) is 22.7. The Kier molecular flexibility index (Phi) is 7.26. The van der Waals surface area contributed by atoms with Crippen molar-refractivity contribution in [3.05, 3.63) is 57.9 Å². The lowest BCUT2D eigenvalue weighted by Gasteiger charge is -2.26. The monoisotopic (exact) mass is 422 g/mol. The van der Waals surface area contributed by atoms with Crippen molar-refractivity contribution in [1.82, 2.24) is 14.8 Å². The smallest absolute Gasteiger partial charge is 0.339 e. The van der Waals surface area contributed by atoms with Crippen LogP contribution in [-0.4, -0.2) is 65.9 Å². The highest BCUT2D eigenvalue weighted by Crippen LogP contribution is 2.22. The number of aromatic nitrogens is 1. The third kappa shape index (κ3) is 5.04. The highest BCUT2D eigenvalue weighted by molar-refractivity contribution is 6.03. The lowest BCUT2D eigenvalue weighted by molar-refractivity contribution is 0.0599. The van der Waals surface area contributed by atoms with Gasteiger partial charge in [0.25, 0.3) is 0 Å². The molecule has 1 saturated heterocycles. The summed E-state index contributed by atoms with van der Waals surface area (Å²) in [4.78, 5) is 33.0. The number of benzene rings is 1. The summed E-state index contributed by atoms with van der Waals surface area (Å²) in [6.07, 6.45) is 0.976. The number of aromatic amines is 1. The summed E-state index contributed by atoms with van der Waals surface area (Å²) in [7, 11) is 1.35. The van der Waals surface area contributed by atoms with Gasteiger partial charge in [-0.05, 0) is 57.0 Å². The van der Waals surface area contributed by atoms with Crippen LogP contribution in [0.5, 0.6) is 0 Å². The maximum Gasteiger partial charge on any atom is 0.339 e. The molecule has 7 nitrogen and oxygen atoms in total. The number of hydrogen-bond acceptors (Lipinski definition) is 6. The number of aryl methyl sites for hydroxylation is 1. The fourth-order valence-electron chi connectivity index (χ4n) is 4.26. The van der Waals surface area contributed by atoms with E-state index in [1.807, 2.05) is 31.2 Å². The Labute approximate surface area is 183 Å². The molecule has 164 valence electrons. The van der Waals surface area contributed by atoms with Gasteiger partial charge in [-0.15, -0.1) is 0 Å². The summed E-state index contributed by atoms with van der Waals surface area (Å²) in [5, 5.41) is 8.95. The fourth-order valence-corrected chi connectivity index (χ4v) is 4.26. The zero-order valence-electron chi connectivity index (χ0n) is 18.7. The number of carbonyl (C=O) groups is 2. The number of ether oxygens (including phenoxy) is 1. The minimum Gasteiger partial charge on any atom is -0.465 e. The van der Waals surface area contributed by atoms with E-state index in [0.717, 1.165) is 39.1 Å². The number of ketones is 1. The summed E-state index contributed by atoms with van der Waals surface area (Å²) in [5.41, 5.74) is 4.10. The van der Waals surface area contributed by atoms with Gasteiger partial charge < -0.3 is 9.72 Å². The first-order chi connectivity index (χ1) is 14.8. The Morgan fingerprint density at radius 3 is 2.52 bits per heavy atom. The van der Waals surface area contributed by atoms with Crippen molar-refractivity contribution >= 4 is 11.8 Å². The topological polar surface area (TPSA) is 89.4 Å². The SMILES string of the molecule is COC(=O)c1c(C)[nH]c(C(=O)C(C)N2CCCN(Cc3ccc(C#N)cc3)CC2)c1C. The maximum absolute atomic E-state index is 13.2. The van der Waals surface area contributed by atoms with Gasteiger partial charge in [0.05, 0.1) is 36.0 Å². The van der Waals surface area contributed by atoms with Crippen LogP contribution in [0, 0.1) is 25.2 Å². The van der Waals surface area contributed by atoms with E-state index < -0.39 is 5.97 Å². The Bertz CT molecular complexity index is 987. The number of Topliss-reactive ketones (excluding diaryl/α,β-unsaturated/α-hetero) is 1. The second kappa shape index (κ2) is 9.90. The Morgan fingerprint density at radius 1 is 1.16 bits per heavy atom. The van der Waals surface area contributed by atoms with Crippen molar-refractivity contribution in [2.75, 3.05) is 33.3 Å². The van der Waals surface area contributed by atoms with Gasteiger partial charge in [-0.3, -0.25) is 14.6 Å². The lowest BCUT2D eigenvalue weighted by Crippen LogP contribution is -2.41. The Morgan fingerprint density at radius 2 is 1.87 bits per heavy atom. The number of carbonyl (C=O) groups excluding carboxylic acids is 2. The zero-order valence-corrected chi connectivity index (χ0v) is 18.7. The van der Waals surface area contributed by atoms with E-state index in [4.69, 9.17) is 10.00 Å². The maximum atomic E-state index is 13.2. The molecular weight excluding hydrogens is 392 g/mol. The van der Waals surface area contributed by atoms with Crippen LogP contribution in [0.3, 0.4) is 0 Å². The molecule has 1 atom stereocenters. The quantitative estimate of drug-likeness (QED) is 0.568. The highest BCUT2D eigenvalue weighted by atomic mass is 16.5. The van der Waals surface area contributed by atoms with Crippen LogP contribution in [0.15, 0.2) is 24.3 Å². The number of hydrogen-bond donors (Lipinski definition) is 1. The molecule has 1 aromatic carbocycles. The van der Waals surface area contributed by atoms with E-state index in [1.165, 1.54) is 12.7 Å². The first-order valence-electron chi connectivity index (χ1n) is 10.6. The summed E-state index contributed by atoms with van der Waals surface area (Å²) in [6, 6.07) is 9.57. The van der Waals surface area contributed by atoms with Crippen molar-refractivity contribution in [3.8, 4) is 6.07 Å². The normalized spacial score (nSPS) is 16.4. The first-order valence-corrected chi connectivity index (χ1v) is 10.6. The number of esters is 1. The van der Waals surface area contributed by atoms with E-state index in [9.17, 15) is 9.59 Å². The Balaban J connectivity index is 1.65. The number of methoxy groups -OCH3 is 1. The number of nitrogens with one attached hydrogen (secondary N) is 1. The lowest BCUT2D eigenvalue weighted by atomic mass is 10.0. The van der Waals surface area contributed by atoms with E-state index in [2.05, 4.69) is 20.9 Å². The number of nitriles is 1. The van der Waals surface area contributed by atoms with Gasteiger partial charge in [0.1, 0.15) is 0 Å². The molecule has 1 aliphatic heterocycles. The predicted octanol–water partition coefficient (Wildman–Crippen LogP) is 3.07. The van der Waals surface area contributed by atoms with Gasteiger partial charge in [-0.2, -0.15) is 5.26 Å². The molecule has 0 radical (unpaired) electrons. The second-order valence-corrected chi connectivity index (χ2v) is 8.13. The van der Waals surface area contributed by atoms with Gasteiger partial charge in [-0.1, -0.05) is 12.1 Å². The average molecular weight is 423 g/mol. The molecule has 7 heteroatoms. The van der Waals surface area contributed by atoms with Crippen LogP contribution >= 0.6 is 0 Å². The largest absolute Gasteiger partial charge is 0.465 e. The van der Waals surface area contributed by atoms with Crippen LogP contribution in [0.25, 0.3) is 0 Å².